The van der Waals surface area contributed by atoms with Crippen molar-refractivity contribution in [3.8, 4) is 0 Å². The first-order chi connectivity index (χ1) is 11.3. The molecule has 10 nitrogen and oxygen atoms in total. The summed E-state index contributed by atoms with van der Waals surface area (Å²) in [5.74, 6) is -0.775. The van der Waals surface area contributed by atoms with Gasteiger partial charge < -0.3 is 10.8 Å². The van der Waals surface area contributed by atoms with Crippen molar-refractivity contribution in [2.75, 3.05) is 18.1 Å². The molecule has 0 saturated carbocycles. The van der Waals surface area contributed by atoms with E-state index >= 15 is 0 Å². The SMILES string of the molecule is Nc1ccc2c(S(=O)(=O)CCO)cc(S(=O)(=O)O)cc2c1S(=O)(=O)O. The molecule has 2 aromatic rings. The van der Waals surface area contributed by atoms with E-state index in [1.807, 2.05) is 0 Å². The molecule has 0 saturated heterocycles. The van der Waals surface area contributed by atoms with E-state index in [0.717, 1.165) is 12.1 Å². The van der Waals surface area contributed by atoms with Gasteiger partial charge in [0.15, 0.2) is 9.84 Å². The third kappa shape index (κ3) is 3.75. The van der Waals surface area contributed by atoms with Gasteiger partial charge in [-0.15, -0.1) is 0 Å². The van der Waals surface area contributed by atoms with Crippen LogP contribution in [-0.2, 0) is 30.1 Å². The number of aliphatic hydroxyl groups excluding tert-OH is 1. The number of hydrogen-bond acceptors (Lipinski definition) is 8. The van der Waals surface area contributed by atoms with Crippen molar-refractivity contribution in [2.24, 2.45) is 0 Å². The minimum atomic E-state index is -4.94. The number of anilines is 1. The predicted octanol–water partition coefficient (Wildman–Crippen LogP) is -0.319. The molecule has 138 valence electrons. The van der Waals surface area contributed by atoms with E-state index in [-0.39, 0.29) is 5.39 Å². The number of nitrogens with two attached hydrogens (primary N) is 1. The Hall–Kier alpha value is -1.77. The van der Waals surface area contributed by atoms with Gasteiger partial charge >= 0.3 is 0 Å². The fraction of sp³-hybridized carbons (Fsp3) is 0.167. The lowest BCUT2D eigenvalue weighted by Crippen LogP contribution is -2.13. The third-order valence-corrected chi connectivity index (χ3v) is 6.83. The zero-order chi connectivity index (χ0) is 19.2. The third-order valence-electron chi connectivity index (χ3n) is 3.30. The highest BCUT2D eigenvalue weighted by Crippen LogP contribution is 2.35. The Morgan fingerprint density at radius 1 is 0.880 bits per heavy atom. The second-order valence-corrected chi connectivity index (χ2v) is 9.85. The molecule has 0 spiro atoms. The molecule has 0 heterocycles. The topological polar surface area (TPSA) is 189 Å². The Bertz CT molecular complexity index is 1170. The van der Waals surface area contributed by atoms with E-state index in [9.17, 15) is 34.4 Å². The molecule has 0 aliphatic rings. The standard InChI is InChI=1S/C12H13NO9S3/c13-10-2-1-8-9(12(10)25(20,21)22)5-7(24(17,18)19)6-11(8)23(15,16)4-3-14/h1-2,5-6,14H,3-4,13H2,(H,17,18,19)(H,20,21,22). The normalized spacial score (nSPS) is 13.2. The molecule has 2 rings (SSSR count). The number of aliphatic hydroxyl groups is 1. The maximum atomic E-state index is 12.3. The molecule has 2 aromatic carbocycles. The summed E-state index contributed by atoms with van der Waals surface area (Å²) in [4.78, 5) is -2.44. The van der Waals surface area contributed by atoms with Crippen molar-refractivity contribution in [3.05, 3.63) is 24.3 Å². The number of rotatable bonds is 5. The van der Waals surface area contributed by atoms with E-state index in [4.69, 9.17) is 10.8 Å². The molecule has 0 aliphatic carbocycles. The Labute approximate surface area is 143 Å². The van der Waals surface area contributed by atoms with Crippen molar-refractivity contribution in [1.29, 1.82) is 0 Å². The lowest BCUT2D eigenvalue weighted by Gasteiger charge is -2.13. The Kier molecular flexibility index (Phi) is 4.84. The zero-order valence-electron chi connectivity index (χ0n) is 12.3. The predicted molar refractivity (Wildman–Crippen MR) is 87.1 cm³/mol. The fourth-order valence-corrected chi connectivity index (χ4v) is 4.99. The molecule has 0 amide bonds. The van der Waals surface area contributed by atoms with Gasteiger partial charge in [-0.3, -0.25) is 9.11 Å². The molecule has 13 heteroatoms. The van der Waals surface area contributed by atoms with Crippen LogP contribution in [0.2, 0.25) is 0 Å². The van der Waals surface area contributed by atoms with E-state index < -0.39 is 68.2 Å². The van der Waals surface area contributed by atoms with Crippen molar-refractivity contribution >= 4 is 46.5 Å². The van der Waals surface area contributed by atoms with E-state index in [1.54, 1.807) is 0 Å². The molecule has 0 unspecified atom stereocenters. The summed E-state index contributed by atoms with van der Waals surface area (Å²) in [6, 6.07) is 3.46. The van der Waals surface area contributed by atoms with Gasteiger partial charge in [-0.1, -0.05) is 6.07 Å². The second-order valence-electron chi connectivity index (χ2n) is 4.99. The highest BCUT2D eigenvalue weighted by atomic mass is 32.2. The highest BCUT2D eigenvalue weighted by Gasteiger charge is 2.26. The molecular weight excluding hydrogens is 398 g/mol. The van der Waals surface area contributed by atoms with Crippen LogP contribution in [0.25, 0.3) is 10.8 Å². The van der Waals surface area contributed by atoms with Crippen LogP contribution in [0.15, 0.2) is 39.0 Å². The molecule has 0 radical (unpaired) electrons. The van der Waals surface area contributed by atoms with Gasteiger partial charge in [-0.05, 0) is 18.2 Å². The summed E-state index contributed by atoms with van der Waals surface area (Å²) in [5.41, 5.74) is 5.06. The summed E-state index contributed by atoms with van der Waals surface area (Å²) >= 11 is 0. The summed E-state index contributed by atoms with van der Waals surface area (Å²) < 4.78 is 89.2. The molecule has 0 aromatic heterocycles. The van der Waals surface area contributed by atoms with Gasteiger partial charge in [-0.25, -0.2) is 8.42 Å². The zero-order valence-corrected chi connectivity index (χ0v) is 14.8. The molecule has 0 bridgehead atoms. The van der Waals surface area contributed by atoms with Gasteiger partial charge in [0.1, 0.15) is 4.90 Å². The van der Waals surface area contributed by atoms with Gasteiger partial charge in [0.25, 0.3) is 20.2 Å². The number of nitrogen functional groups attached to an aromatic ring is 1. The molecule has 0 aliphatic heterocycles. The Morgan fingerprint density at radius 3 is 1.96 bits per heavy atom. The molecule has 0 atom stereocenters. The van der Waals surface area contributed by atoms with Crippen LogP contribution < -0.4 is 5.73 Å². The smallest absolute Gasteiger partial charge is 0.297 e. The largest absolute Gasteiger partial charge is 0.398 e. The lowest BCUT2D eigenvalue weighted by molar-refractivity contribution is 0.319. The van der Waals surface area contributed by atoms with Crippen molar-refractivity contribution in [1.82, 2.24) is 0 Å². The summed E-state index contributed by atoms with van der Waals surface area (Å²) in [5, 5.41) is 8.14. The monoisotopic (exact) mass is 411 g/mol. The van der Waals surface area contributed by atoms with E-state index in [2.05, 4.69) is 0 Å². The molecule has 0 fully saturated rings. The fourth-order valence-electron chi connectivity index (χ4n) is 2.29. The number of hydrogen-bond donors (Lipinski definition) is 4. The van der Waals surface area contributed by atoms with Crippen molar-refractivity contribution in [3.63, 3.8) is 0 Å². The van der Waals surface area contributed by atoms with Crippen molar-refractivity contribution < 1.29 is 39.5 Å². The first-order valence-electron chi connectivity index (χ1n) is 6.44. The van der Waals surface area contributed by atoms with E-state index in [1.165, 1.54) is 0 Å². The van der Waals surface area contributed by atoms with Crippen LogP contribution >= 0.6 is 0 Å². The average molecular weight is 411 g/mol. The van der Waals surface area contributed by atoms with Crippen LogP contribution in [0.4, 0.5) is 5.69 Å². The van der Waals surface area contributed by atoms with Gasteiger partial charge in [0, 0.05) is 10.8 Å². The summed E-state index contributed by atoms with van der Waals surface area (Å²) in [6.07, 6.45) is 0. The maximum Gasteiger partial charge on any atom is 0.297 e. The van der Waals surface area contributed by atoms with Crippen LogP contribution in [0, 0.1) is 0 Å². The molecule has 5 N–H and O–H groups in total. The lowest BCUT2D eigenvalue weighted by atomic mass is 10.1. The molecular formula is C12H13NO9S3. The Morgan fingerprint density at radius 2 is 1.48 bits per heavy atom. The number of sulfone groups is 1. The summed E-state index contributed by atoms with van der Waals surface area (Å²) in [7, 11) is -14.1. The van der Waals surface area contributed by atoms with Crippen LogP contribution in [0.1, 0.15) is 0 Å². The minimum absolute atomic E-state index is 0.248. The van der Waals surface area contributed by atoms with Crippen molar-refractivity contribution in [2.45, 2.75) is 14.7 Å². The maximum absolute atomic E-state index is 12.3. The van der Waals surface area contributed by atoms with Gasteiger partial charge in [-0.2, -0.15) is 16.8 Å². The Balaban J connectivity index is 3.16. The average Bonchev–Trinajstić information content (AvgIpc) is 2.43. The number of fused-ring (bicyclic) bond motifs is 1. The quantitative estimate of drug-likeness (QED) is 0.375. The van der Waals surface area contributed by atoms with Crippen LogP contribution in [0.5, 0.6) is 0 Å². The highest BCUT2D eigenvalue weighted by molar-refractivity contribution is 7.91. The molecule has 25 heavy (non-hydrogen) atoms. The number of benzene rings is 2. The summed E-state index contributed by atoms with van der Waals surface area (Å²) in [6.45, 7) is -0.778. The van der Waals surface area contributed by atoms with Crippen LogP contribution in [-0.4, -0.2) is 51.8 Å². The first-order valence-corrected chi connectivity index (χ1v) is 11.0. The van der Waals surface area contributed by atoms with Gasteiger partial charge in [0.2, 0.25) is 0 Å². The second kappa shape index (κ2) is 6.19. The van der Waals surface area contributed by atoms with E-state index in [0.29, 0.717) is 12.1 Å². The first kappa shape index (κ1) is 19.6. The van der Waals surface area contributed by atoms with Gasteiger partial charge in [0.05, 0.1) is 27.8 Å². The minimum Gasteiger partial charge on any atom is -0.398 e. The van der Waals surface area contributed by atoms with Crippen LogP contribution in [0.3, 0.4) is 0 Å².